The van der Waals surface area contributed by atoms with Crippen molar-refractivity contribution in [1.29, 1.82) is 0 Å². The second-order valence-corrected chi connectivity index (χ2v) is 5.44. The van der Waals surface area contributed by atoms with Crippen LogP contribution >= 0.6 is 0 Å². The summed E-state index contributed by atoms with van der Waals surface area (Å²) in [6.07, 6.45) is 0. The van der Waals surface area contributed by atoms with Crippen LogP contribution < -0.4 is 16.4 Å². The lowest BCUT2D eigenvalue weighted by atomic mass is 9.91. The fraction of sp³-hybridized carbons (Fsp3) is 0.235. The van der Waals surface area contributed by atoms with Crippen LogP contribution in [0.4, 0.5) is 5.69 Å². The summed E-state index contributed by atoms with van der Waals surface area (Å²) in [5, 5.41) is 6.54. The van der Waals surface area contributed by atoms with Gasteiger partial charge in [-0.2, -0.15) is 0 Å². The number of hydrogen-bond donors (Lipinski definition) is 3. The third-order valence-corrected chi connectivity index (χ3v) is 3.96. The Labute approximate surface area is 124 Å². The molecule has 2 unspecified atom stereocenters. The van der Waals surface area contributed by atoms with Crippen LogP contribution in [0.25, 0.3) is 0 Å². The monoisotopic (exact) mass is 281 g/mol. The second-order valence-electron chi connectivity index (χ2n) is 5.44. The Morgan fingerprint density at radius 1 is 1.19 bits per heavy atom. The van der Waals surface area contributed by atoms with E-state index in [0.29, 0.717) is 11.3 Å². The molecule has 0 saturated heterocycles. The zero-order valence-electron chi connectivity index (χ0n) is 12.0. The van der Waals surface area contributed by atoms with Crippen molar-refractivity contribution in [2.75, 3.05) is 5.73 Å². The van der Waals surface area contributed by atoms with Gasteiger partial charge in [0.25, 0.3) is 5.91 Å². The molecule has 3 rings (SSSR count). The number of nitrogen functional groups attached to an aromatic ring is 1. The Kier molecular flexibility index (Phi) is 3.62. The van der Waals surface area contributed by atoms with Crippen LogP contribution in [0.1, 0.15) is 34.5 Å². The molecule has 21 heavy (non-hydrogen) atoms. The topological polar surface area (TPSA) is 67.1 Å². The number of amides is 1. The molecule has 0 radical (unpaired) electrons. The van der Waals surface area contributed by atoms with Gasteiger partial charge in [-0.25, -0.2) is 0 Å². The molecule has 1 heterocycles. The zero-order chi connectivity index (χ0) is 14.8. The van der Waals surface area contributed by atoms with Crippen LogP contribution in [-0.2, 0) is 6.54 Å². The number of benzene rings is 2. The molecule has 1 aliphatic heterocycles. The van der Waals surface area contributed by atoms with Crippen LogP contribution in [-0.4, -0.2) is 11.9 Å². The van der Waals surface area contributed by atoms with Gasteiger partial charge in [-0.3, -0.25) is 4.79 Å². The number of nitrogens with one attached hydrogen (secondary N) is 2. The van der Waals surface area contributed by atoms with Crippen molar-refractivity contribution in [2.45, 2.75) is 25.6 Å². The molecule has 0 saturated carbocycles. The molecule has 0 bridgehead atoms. The van der Waals surface area contributed by atoms with Gasteiger partial charge in [0.2, 0.25) is 0 Å². The fourth-order valence-corrected chi connectivity index (χ4v) is 2.72. The van der Waals surface area contributed by atoms with Gasteiger partial charge >= 0.3 is 0 Å². The van der Waals surface area contributed by atoms with Crippen molar-refractivity contribution >= 4 is 11.6 Å². The predicted molar refractivity (Wildman–Crippen MR) is 83.8 cm³/mol. The molecule has 2 aromatic rings. The standard InChI is InChI=1S/C17H19N3O/c1-11-16(15-5-3-2-4-13(15)10-19-11)20-17(21)12-6-8-14(18)9-7-12/h2-9,11,16,19H,10,18H2,1H3,(H,20,21). The van der Waals surface area contributed by atoms with Gasteiger partial charge < -0.3 is 16.4 Å². The lowest BCUT2D eigenvalue weighted by Gasteiger charge is -2.33. The highest BCUT2D eigenvalue weighted by molar-refractivity contribution is 5.94. The molecule has 4 nitrogen and oxygen atoms in total. The molecule has 4 heteroatoms. The molecule has 0 aliphatic carbocycles. The largest absolute Gasteiger partial charge is 0.399 e. The number of carbonyl (C=O) groups excluding carboxylic acids is 1. The lowest BCUT2D eigenvalue weighted by Crippen LogP contribution is -2.45. The first kappa shape index (κ1) is 13.6. The minimum atomic E-state index is -0.0784. The predicted octanol–water partition coefficient (Wildman–Crippen LogP) is 2.23. The highest BCUT2D eigenvalue weighted by Crippen LogP contribution is 2.26. The minimum absolute atomic E-state index is 0.0278. The van der Waals surface area contributed by atoms with Crippen molar-refractivity contribution in [2.24, 2.45) is 0 Å². The Bertz CT molecular complexity index is 651. The average molecular weight is 281 g/mol. The van der Waals surface area contributed by atoms with Gasteiger partial charge in [0.15, 0.2) is 0 Å². The van der Waals surface area contributed by atoms with E-state index in [1.807, 2.05) is 12.1 Å². The highest BCUT2D eigenvalue weighted by Gasteiger charge is 2.27. The van der Waals surface area contributed by atoms with E-state index in [1.165, 1.54) is 11.1 Å². The fourth-order valence-electron chi connectivity index (χ4n) is 2.72. The van der Waals surface area contributed by atoms with Gasteiger partial charge in [-0.05, 0) is 42.3 Å². The molecule has 1 aliphatic rings. The van der Waals surface area contributed by atoms with Crippen LogP contribution in [0, 0.1) is 0 Å². The average Bonchev–Trinajstić information content (AvgIpc) is 2.51. The first-order chi connectivity index (χ1) is 10.1. The van der Waals surface area contributed by atoms with Crippen molar-refractivity contribution in [3.63, 3.8) is 0 Å². The smallest absolute Gasteiger partial charge is 0.251 e. The third kappa shape index (κ3) is 2.76. The Morgan fingerprint density at radius 3 is 2.67 bits per heavy atom. The Hall–Kier alpha value is -2.33. The third-order valence-electron chi connectivity index (χ3n) is 3.96. The van der Waals surface area contributed by atoms with E-state index >= 15 is 0 Å². The number of nitrogens with two attached hydrogens (primary N) is 1. The summed E-state index contributed by atoms with van der Waals surface area (Å²) < 4.78 is 0. The molecular formula is C17H19N3O. The van der Waals surface area contributed by atoms with Crippen LogP contribution in [0.15, 0.2) is 48.5 Å². The van der Waals surface area contributed by atoms with E-state index in [9.17, 15) is 4.79 Å². The van der Waals surface area contributed by atoms with Gasteiger partial charge in [0.05, 0.1) is 6.04 Å². The van der Waals surface area contributed by atoms with E-state index in [2.05, 4.69) is 29.7 Å². The Morgan fingerprint density at radius 2 is 1.90 bits per heavy atom. The van der Waals surface area contributed by atoms with Crippen molar-refractivity contribution < 1.29 is 4.79 Å². The summed E-state index contributed by atoms with van der Waals surface area (Å²) in [5.41, 5.74) is 9.36. The van der Waals surface area contributed by atoms with Gasteiger partial charge in [0, 0.05) is 23.8 Å². The van der Waals surface area contributed by atoms with Crippen LogP contribution in [0.2, 0.25) is 0 Å². The van der Waals surface area contributed by atoms with E-state index < -0.39 is 0 Å². The summed E-state index contributed by atoms with van der Waals surface area (Å²) in [4.78, 5) is 12.4. The quantitative estimate of drug-likeness (QED) is 0.739. The van der Waals surface area contributed by atoms with Crippen molar-refractivity contribution in [3.8, 4) is 0 Å². The minimum Gasteiger partial charge on any atom is -0.399 e. The molecule has 0 fully saturated rings. The highest BCUT2D eigenvalue weighted by atomic mass is 16.1. The van der Waals surface area contributed by atoms with E-state index in [0.717, 1.165) is 6.54 Å². The number of fused-ring (bicyclic) bond motifs is 1. The molecule has 108 valence electrons. The number of anilines is 1. The molecular weight excluding hydrogens is 262 g/mol. The van der Waals surface area contributed by atoms with Crippen molar-refractivity contribution in [3.05, 3.63) is 65.2 Å². The summed E-state index contributed by atoms with van der Waals surface area (Å²) in [6.45, 7) is 2.93. The van der Waals surface area contributed by atoms with Crippen LogP contribution in [0.3, 0.4) is 0 Å². The second kappa shape index (κ2) is 5.58. The molecule has 1 amide bonds. The SMILES string of the molecule is CC1NCc2ccccc2C1NC(=O)c1ccc(N)cc1. The summed E-state index contributed by atoms with van der Waals surface area (Å²) >= 11 is 0. The normalized spacial score (nSPS) is 20.6. The molecule has 0 spiro atoms. The maximum Gasteiger partial charge on any atom is 0.251 e. The number of rotatable bonds is 2. The lowest BCUT2D eigenvalue weighted by molar-refractivity contribution is 0.0925. The molecule has 4 N–H and O–H groups in total. The molecule has 2 aromatic carbocycles. The molecule has 0 aromatic heterocycles. The number of carbonyl (C=O) groups is 1. The van der Waals surface area contributed by atoms with Gasteiger partial charge in [-0.15, -0.1) is 0 Å². The zero-order valence-corrected chi connectivity index (χ0v) is 12.0. The first-order valence-electron chi connectivity index (χ1n) is 7.13. The van der Waals surface area contributed by atoms with E-state index in [-0.39, 0.29) is 18.0 Å². The van der Waals surface area contributed by atoms with E-state index in [1.54, 1.807) is 24.3 Å². The van der Waals surface area contributed by atoms with E-state index in [4.69, 9.17) is 5.73 Å². The van der Waals surface area contributed by atoms with Gasteiger partial charge in [0.1, 0.15) is 0 Å². The van der Waals surface area contributed by atoms with Crippen LogP contribution in [0.5, 0.6) is 0 Å². The maximum atomic E-state index is 12.4. The summed E-state index contributed by atoms with van der Waals surface area (Å²) in [5.74, 6) is -0.0784. The van der Waals surface area contributed by atoms with Crippen molar-refractivity contribution in [1.82, 2.24) is 10.6 Å². The maximum absolute atomic E-state index is 12.4. The summed E-state index contributed by atoms with van der Waals surface area (Å²) in [6, 6.07) is 15.4. The number of hydrogen-bond acceptors (Lipinski definition) is 3. The Balaban J connectivity index is 1.84. The summed E-state index contributed by atoms with van der Waals surface area (Å²) in [7, 11) is 0. The first-order valence-corrected chi connectivity index (χ1v) is 7.13. The van der Waals surface area contributed by atoms with Gasteiger partial charge in [-0.1, -0.05) is 24.3 Å². The molecule has 2 atom stereocenters.